The van der Waals surface area contributed by atoms with Crippen LogP contribution in [0.1, 0.15) is 24.2 Å². The molecule has 0 saturated carbocycles. The lowest BCUT2D eigenvalue weighted by Crippen LogP contribution is -2.25. The maximum atomic E-state index is 13.4. The van der Waals surface area contributed by atoms with E-state index in [-0.39, 0.29) is 33.7 Å². The van der Waals surface area contributed by atoms with Crippen LogP contribution in [0.2, 0.25) is 0 Å². The molecule has 11 heteroatoms. The second kappa shape index (κ2) is 9.19. The summed E-state index contributed by atoms with van der Waals surface area (Å²) in [4.78, 5) is 14.3. The van der Waals surface area contributed by atoms with E-state index in [9.17, 15) is 26.6 Å². The summed E-state index contributed by atoms with van der Waals surface area (Å²) < 4.78 is 74.4. The van der Waals surface area contributed by atoms with Gasteiger partial charge in [0, 0.05) is 37.2 Å². The normalized spacial score (nSPS) is 12.6. The molecule has 6 nitrogen and oxygen atoms in total. The Morgan fingerprint density at radius 1 is 1.16 bits per heavy atom. The molecule has 3 aromatic rings. The van der Waals surface area contributed by atoms with Gasteiger partial charge >= 0.3 is 16.6 Å². The van der Waals surface area contributed by atoms with E-state index in [1.54, 1.807) is 18.7 Å². The lowest BCUT2D eigenvalue weighted by Gasteiger charge is -2.23. The number of rotatable bonds is 7. The smallest absolute Gasteiger partial charge is 0.455 e. The van der Waals surface area contributed by atoms with Crippen molar-refractivity contribution in [2.24, 2.45) is 0 Å². The molecule has 0 radical (unpaired) electrons. The van der Waals surface area contributed by atoms with Crippen LogP contribution in [-0.2, 0) is 11.1 Å². The first kappa shape index (κ1) is 23.6. The van der Waals surface area contributed by atoms with Crippen molar-refractivity contribution in [3.63, 3.8) is 0 Å². The summed E-state index contributed by atoms with van der Waals surface area (Å²) in [5, 5.41) is 2.62. The maximum absolute atomic E-state index is 13.4. The van der Waals surface area contributed by atoms with Crippen LogP contribution in [0, 0.1) is 5.82 Å². The van der Waals surface area contributed by atoms with Crippen molar-refractivity contribution in [1.29, 1.82) is 0 Å². The van der Waals surface area contributed by atoms with Gasteiger partial charge in [-0.3, -0.25) is 4.79 Å². The molecule has 0 aliphatic heterocycles. The minimum absolute atomic E-state index is 0.0304. The fraction of sp³-hybridized carbons (Fsp3) is 0.286. The SMILES string of the molecule is CCN(CC)c1cc2oc(-c3ccc(F)cc3)c(C(=O)NC)c2cc1OS(=O)C(F)(F)F. The van der Waals surface area contributed by atoms with E-state index in [0.717, 1.165) is 0 Å². The summed E-state index contributed by atoms with van der Waals surface area (Å²) >= 11 is -3.61. The van der Waals surface area contributed by atoms with Crippen molar-refractivity contribution in [2.45, 2.75) is 19.4 Å². The van der Waals surface area contributed by atoms with Gasteiger partial charge in [-0.1, -0.05) is 0 Å². The first-order valence-electron chi connectivity index (χ1n) is 9.61. The third-order valence-electron chi connectivity index (χ3n) is 4.79. The molecule has 172 valence electrons. The topological polar surface area (TPSA) is 71.8 Å². The Morgan fingerprint density at radius 3 is 2.31 bits per heavy atom. The fourth-order valence-electron chi connectivity index (χ4n) is 3.27. The van der Waals surface area contributed by atoms with E-state index >= 15 is 0 Å². The van der Waals surface area contributed by atoms with Crippen LogP contribution in [0.3, 0.4) is 0 Å². The fourth-order valence-corrected chi connectivity index (χ4v) is 3.67. The Labute approximate surface area is 183 Å². The van der Waals surface area contributed by atoms with Gasteiger partial charge in [-0.25, -0.2) is 8.60 Å². The van der Waals surface area contributed by atoms with Gasteiger partial charge in [0.2, 0.25) is 0 Å². The number of amides is 1. The van der Waals surface area contributed by atoms with Crippen molar-refractivity contribution < 1.29 is 35.2 Å². The van der Waals surface area contributed by atoms with E-state index in [1.807, 2.05) is 0 Å². The number of carbonyl (C=O) groups is 1. The van der Waals surface area contributed by atoms with Gasteiger partial charge in [0.25, 0.3) is 5.91 Å². The first-order chi connectivity index (χ1) is 15.1. The number of nitrogens with zero attached hydrogens (tertiary/aromatic N) is 1. The molecule has 0 spiro atoms. The van der Waals surface area contributed by atoms with E-state index in [1.165, 1.54) is 43.4 Å². The van der Waals surface area contributed by atoms with Crippen LogP contribution in [0.25, 0.3) is 22.3 Å². The summed E-state index contributed by atoms with van der Waals surface area (Å²) in [6.45, 7) is 4.43. The van der Waals surface area contributed by atoms with Crippen molar-refractivity contribution in [3.05, 3.63) is 47.8 Å². The van der Waals surface area contributed by atoms with E-state index in [4.69, 9.17) is 8.60 Å². The molecule has 0 fully saturated rings. The van der Waals surface area contributed by atoms with Crippen LogP contribution in [0.5, 0.6) is 5.75 Å². The maximum Gasteiger partial charge on any atom is 0.508 e. The van der Waals surface area contributed by atoms with Crippen molar-refractivity contribution in [2.75, 3.05) is 25.0 Å². The van der Waals surface area contributed by atoms with Gasteiger partial charge in [0.15, 0.2) is 5.75 Å². The van der Waals surface area contributed by atoms with Crippen LogP contribution < -0.4 is 14.4 Å². The zero-order valence-electron chi connectivity index (χ0n) is 17.4. The highest BCUT2D eigenvalue weighted by Crippen LogP contribution is 2.41. The number of halogens is 4. The molecule has 0 bridgehead atoms. The highest BCUT2D eigenvalue weighted by molar-refractivity contribution is 7.81. The molecule has 2 aromatic carbocycles. The standard InChI is InChI=1S/C21H20F4N2O4S/c1-4-27(5-2)15-11-16-14(10-17(15)31-32(29)21(23,24)25)18(20(28)26-3)19(30-16)12-6-8-13(22)9-7-12/h6-11H,4-5H2,1-3H3,(H,26,28). The number of benzene rings is 2. The van der Waals surface area contributed by atoms with E-state index < -0.39 is 28.3 Å². The molecule has 1 aromatic heterocycles. The summed E-state index contributed by atoms with van der Waals surface area (Å²) in [5.74, 6) is -1.26. The van der Waals surface area contributed by atoms with Crippen molar-refractivity contribution in [1.82, 2.24) is 5.32 Å². The predicted molar refractivity (Wildman–Crippen MR) is 113 cm³/mol. The molecule has 3 rings (SSSR count). The van der Waals surface area contributed by atoms with Gasteiger partial charge in [-0.2, -0.15) is 13.2 Å². The minimum Gasteiger partial charge on any atom is -0.455 e. The zero-order chi connectivity index (χ0) is 23.6. The highest BCUT2D eigenvalue weighted by Gasteiger charge is 2.40. The van der Waals surface area contributed by atoms with Crippen LogP contribution >= 0.6 is 0 Å². The number of alkyl halides is 3. The number of nitrogens with one attached hydrogen (secondary N) is 1. The molecule has 32 heavy (non-hydrogen) atoms. The lowest BCUT2D eigenvalue weighted by atomic mass is 10.0. The summed E-state index contributed by atoms with van der Waals surface area (Å²) in [6, 6.07) is 7.86. The molecule has 1 atom stereocenters. The van der Waals surface area contributed by atoms with Crippen molar-refractivity contribution >= 4 is 33.6 Å². The third-order valence-corrected chi connectivity index (χ3v) is 5.50. The Balaban J connectivity index is 2.30. The van der Waals surface area contributed by atoms with Gasteiger partial charge < -0.3 is 18.8 Å². The van der Waals surface area contributed by atoms with Crippen LogP contribution in [0.15, 0.2) is 40.8 Å². The van der Waals surface area contributed by atoms with Gasteiger partial charge in [-0.05, 0) is 44.2 Å². The molecular weight excluding hydrogens is 452 g/mol. The second-order valence-corrected chi connectivity index (χ2v) is 7.74. The quantitative estimate of drug-likeness (QED) is 0.490. The predicted octanol–water partition coefficient (Wildman–Crippen LogP) is 5.01. The molecular formula is C21H20F4N2O4S. The van der Waals surface area contributed by atoms with Crippen LogP contribution in [0.4, 0.5) is 23.2 Å². The number of hydrogen-bond acceptors (Lipinski definition) is 5. The average Bonchev–Trinajstić information content (AvgIpc) is 3.12. The third kappa shape index (κ3) is 4.57. The number of fused-ring (bicyclic) bond motifs is 1. The Morgan fingerprint density at radius 2 is 1.78 bits per heavy atom. The number of anilines is 1. The number of hydrogen-bond donors (Lipinski definition) is 1. The van der Waals surface area contributed by atoms with E-state index in [2.05, 4.69) is 5.32 Å². The Hall–Kier alpha value is -3.08. The van der Waals surface area contributed by atoms with Gasteiger partial charge in [0.1, 0.15) is 17.2 Å². The number of carbonyl (C=O) groups excluding carboxylic acids is 1. The molecule has 1 heterocycles. The molecule has 0 aliphatic rings. The largest absolute Gasteiger partial charge is 0.508 e. The minimum atomic E-state index is -5.09. The van der Waals surface area contributed by atoms with Crippen LogP contribution in [-0.4, -0.2) is 35.8 Å². The van der Waals surface area contributed by atoms with Gasteiger partial charge in [0.05, 0.1) is 11.3 Å². The first-order valence-corrected chi connectivity index (χ1v) is 10.7. The molecule has 0 aliphatic carbocycles. The Kier molecular flexibility index (Phi) is 6.77. The summed E-state index contributed by atoms with van der Waals surface area (Å²) in [5.41, 5.74) is -4.23. The molecule has 1 unspecified atom stereocenters. The second-order valence-electron chi connectivity index (χ2n) is 6.64. The average molecular weight is 472 g/mol. The van der Waals surface area contributed by atoms with Crippen molar-refractivity contribution in [3.8, 4) is 17.1 Å². The highest BCUT2D eigenvalue weighted by atomic mass is 32.2. The zero-order valence-corrected chi connectivity index (χ0v) is 18.2. The molecule has 0 saturated heterocycles. The Bertz CT molecular complexity index is 1160. The summed E-state index contributed by atoms with van der Waals surface area (Å²) in [7, 11) is 1.38. The molecule has 1 N–H and O–H groups in total. The monoisotopic (exact) mass is 472 g/mol. The lowest BCUT2D eigenvalue weighted by molar-refractivity contribution is -0.0437. The van der Waals surface area contributed by atoms with Gasteiger partial charge in [-0.15, -0.1) is 0 Å². The van der Waals surface area contributed by atoms with E-state index in [0.29, 0.717) is 18.7 Å². The molecule has 1 amide bonds. The number of furan rings is 1. The summed E-state index contributed by atoms with van der Waals surface area (Å²) in [6.07, 6.45) is 0.